The molecule has 1 aromatic carbocycles. The van der Waals surface area contributed by atoms with Gasteiger partial charge < -0.3 is 14.3 Å². The van der Waals surface area contributed by atoms with Crippen molar-refractivity contribution in [3.05, 3.63) is 59.3 Å². The van der Waals surface area contributed by atoms with Gasteiger partial charge in [0.05, 0.1) is 23.6 Å². The molecule has 0 spiro atoms. The molecule has 0 atom stereocenters. The van der Waals surface area contributed by atoms with E-state index in [1.54, 1.807) is 6.26 Å². The van der Waals surface area contributed by atoms with Crippen molar-refractivity contribution in [1.82, 2.24) is 20.4 Å². The van der Waals surface area contributed by atoms with Crippen molar-refractivity contribution in [1.29, 1.82) is 0 Å². The van der Waals surface area contributed by atoms with Gasteiger partial charge in [-0.3, -0.25) is 9.69 Å². The van der Waals surface area contributed by atoms with Gasteiger partial charge in [-0.15, -0.1) is 0 Å². The van der Waals surface area contributed by atoms with E-state index >= 15 is 0 Å². The molecular weight excluding hydrogens is 448 g/mol. The van der Waals surface area contributed by atoms with Gasteiger partial charge in [0.15, 0.2) is 0 Å². The van der Waals surface area contributed by atoms with Gasteiger partial charge in [0.1, 0.15) is 5.76 Å². The first-order valence-corrected chi connectivity index (χ1v) is 12.4. The van der Waals surface area contributed by atoms with Crippen LogP contribution in [0.1, 0.15) is 30.9 Å². The number of carbonyl (C=O) groups is 1. The number of hydrogen-bond acceptors (Lipinski definition) is 7. The lowest BCUT2D eigenvalue weighted by Gasteiger charge is -2.30. The number of carbonyl (C=O) groups excluding carboxylic acids is 1. The molecule has 0 bridgehead atoms. The van der Waals surface area contributed by atoms with E-state index in [0.717, 1.165) is 61.7 Å². The summed E-state index contributed by atoms with van der Waals surface area (Å²) in [5.41, 5.74) is 0.763. The molecule has 1 amide bonds. The predicted molar refractivity (Wildman–Crippen MR) is 125 cm³/mol. The highest BCUT2D eigenvalue weighted by Gasteiger charge is 2.25. The molecule has 1 fully saturated rings. The van der Waals surface area contributed by atoms with Gasteiger partial charge in [0.25, 0.3) is 0 Å². The van der Waals surface area contributed by atoms with Gasteiger partial charge in [0, 0.05) is 18.0 Å². The molecule has 1 aliphatic heterocycles. The number of piperidine rings is 1. The van der Waals surface area contributed by atoms with Crippen molar-refractivity contribution in [3.63, 3.8) is 0 Å². The summed E-state index contributed by atoms with van der Waals surface area (Å²) in [4.78, 5) is 19.2. The number of rotatable bonds is 10. The second-order valence-electron chi connectivity index (χ2n) is 7.82. The van der Waals surface area contributed by atoms with Gasteiger partial charge in [-0.2, -0.15) is 16.7 Å². The number of nitrogens with one attached hydrogen (secondary N) is 1. The third kappa shape index (κ3) is 6.37. The summed E-state index contributed by atoms with van der Waals surface area (Å²) < 4.78 is 10.7. The Labute approximate surface area is 196 Å². The van der Waals surface area contributed by atoms with Gasteiger partial charge >= 0.3 is 0 Å². The van der Waals surface area contributed by atoms with E-state index in [0.29, 0.717) is 23.3 Å². The number of nitrogens with zero attached hydrogens (tertiary/aromatic N) is 3. The van der Waals surface area contributed by atoms with E-state index in [2.05, 4.69) is 20.4 Å². The lowest BCUT2D eigenvalue weighted by Crippen LogP contribution is -2.40. The van der Waals surface area contributed by atoms with E-state index in [4.69, 9.17) is 20.5 Å². The van der Waals surface area contributed by atoms with Crippen molar-refractivity contribution >= 4 is 29.3 Å². The molecule has 0 saturated carbocycles. The largest absolute Gasteiger partial charge is 0.468 e. The summed E-state index contributed by atoms with van der Waals surface area (Å²) in [5.74, 6) is 4.17. The average molecular weight is 475 g/mol. The van der Waals surface area contributed by atoms with Crippen molar-refractivity contribution < 1.29 is 13.7 Å². The Morgan fingerprint density at radius 2 is 2.06 bits per heavy atom. The van der Waals surface area contributed by atoms with Crippen LogP contribution in [0.25, 0.3) is 11.4 Å². The number of benzene rings is 1. The normalized spacial score (nSPS) is 15.2. The molecule has 1 N–H and O–H groups in total. The highest BCUT2D eigenvalue weighted by molar-refractivity contribution is 7.98. The number of amides is 1. The highest BCUT2D eigenvalue weighted by atomic mass is 35.5. The minimum atomic E-state index is 0.0726. The summed E-state index contributed by atoms with van der Waals surface area (Å²) >= 11 is 8.03. The van der Waals surface area contributed by atoms with E-state index in [-0.39, 0.29) is 11.8 Å². The maximum Gasteiger partial charge on any atom is 0.241 e. The number of aromatic nitrogens is 2. The molecule has 32 heavy (non-hydrogen) atoms. The van der Waals surface area contributed by atoms with E-state index in [1.165, 1.54) is 0 Å². The van der Waals surface area contributed by atoms with Crippen LogP contribution in [-0.4, -0.2) is 46.3 Å². The first-order chi connectivity index (χ1) is 15.7. The maximum absolute atomic E-state index is 12.5. The molecule has 0 aliphatic carbocycles. The van der Waals surface area contributed by atoms with Crippen LogP contribution in [0.5, 0.6) is 0 Å². The molecule has 1 saturated heterocycles. The maximum atomic E-state index is 12.5. The average Bonchev–Trinajstić information content (AvgIpc) is 3.49. The Balaban J connectivity index is 1.13. The Kier molecular flexibility index (Phi) is 8.25. The fourth-order valence-electron chi connectivity index (χ4n) is 3.71. The van der Waals surface area contributed by atoms with Gasteiger partial charge in [0.2, 0.25) is 17.6 Å². The molecule has 1 aliphatic rings. The summed E-state index contributed by atoms with van der Waals surface area (Å²) in [5, 5.41) is 7.75. The van der Waals surface area contributed by atoms with Crippen LogP contribution < -0.4 is 5.32 Å². The van der Waals surface area contributed by atoms with Crippen molar-refractivity contribution in [2.75, 3.05) is 25.4 Å². The van der Waals surface area contributed by atoms with E-state index in [1.807, 2.05) is 48.2 Å². The first-order valence-electron chi connectivity index (χ1n) is 10.9. The van der Waals surface area contributed by atoms with Gasteiger partial charge in [-0.1, -0.05) is 28.9 Å². The second kappa shape index (κ2) is 11.5. The minimum absolute atomic E-state index is 0.0726. The number of thioether (sulfide) groups is 1. The monoisotopic (exact) mass is 474 g/mol. The van der Waals surface area contributed by atoms with Gasteiger partial charge in [-0.05, 0) is 62.4 Å². The summed E-state index contributed by atoms with van der Waals surface area (Å²) in [6.07, 6.45) is 4.33. The lowest BCUT2D eigenvalue weighted by atomic mass is 9.96. The SMILES string of the molecule is O=C(NCCCSCc1ccco1)C1CCN(Cc2nc(-c3ccccc3Cl)no2)CC1. The van der Waals surface area contributed by atoms with Crippen LogP contribution in [0, 0.1) is 5.92 Å². The molecular formula is C23H27ClN4O3S. The minimum Gasteiger partial charge on any atom is -0.468 e. The van der Waals surface area contributed by atoms with Crippen LogP contribution in [-0.2, 0) is 17.1 Å². The molecule has 3 aromatic rings. The fourth-order valence-corrected chi connectivity index (χ4v) is 4.79. The molecule has 170 valence electrons. The fraction of sp³-hybridized carbons (Fsp3) is 0.435. The quantitative estimate of drug-likeness (QED) is 0.428. The van der Waals surface area contributed by atoms with Crippen molar-refractivity contribution in [2.45, 2.75) is 31.6 Å². The topological polar surface area (TPSA) is 84.4 Å². The van der Waals surface area contributed by atoms with Crippen LogP contribution in [0.2, 0.25) is 5.02 Å². The zero-order valence-electron chi connectivity index (χ0n) is 17.8. The predicted octanol–water partition coefficient (Wildman–Crippen LogP) is 4.63. The Hall–Kier alpha value is -2.29. The molecule has 9 heteroatoms. The second-order valence-corrected chi connectivity index (χ2v) is 9.33. The summed E-state index contributed by atoms with van der Waals surface area (Å²) in [6.45, 7) is 2.97. The van der Waals surface area contributed by atoms with Crippen molar-refractivity contribution in [3.8, 4) is 11.4 Å². The summed E-state index contributed by atoms with van der Waals surface area (Å²) in [7, 11) is 0. The standard InChI is InChI=1S/C23H27ClN4O3S/c24-20-7-2-1-6-19(20)22-26-21(31-27-22)15-28-11-8-17(9-12-28)23(29)25-10-4-14-32-16-18-5-3-13-30-18/h1-3,5-7,13,17H,4,8-12,14-16H2,(H,25,29). The Morgan fingerprint density at radius 3 is 2.84 bits per heavy atom. The van der Waals surface area contributed by atoms with Crippen LogP contribution in [0.4, 0.5) is 0 Å². The summed E-state index contributed by atoms with van der Waals surface area (Å²) in [6, 6.07) is 11.3. The lowest BCUT2D eigenvalue weighted by molar-refractivity contribution is -0.126. The molecule has 7 nitrogen and oxygen atoms in total. The molecule has 0 radical (unpaired) electrons. The smallest absolute Gasteiger partial charge is 0.241 e. The highest BCUT2D eigenvalue weighted by Crippen LogP contribution is 2.25. The molecule has 3 heterocycles. The van der Waals surface area contributed by atoms with Gasteiger partial charge in [-0.25, -0.2) is 0 Å². The van der Waals surface area contributed by atoms with Crippen LogP contribution in [0.3, 0.4) is 0 Å². The number of likely N-dealkylation sites (tertiary alicyclic amines) is 1. The zero-order chi connectivity index (χ0) is 22.2. The van der Waals surface area contributed by atoms with E-state index in [9.17, 15) is 4.79 Å². The van der Waals surface area contributed by atoms with Crippen molar-refractivity contribution in [2.24, 2.45) is 5.92 Å². The number of hydrogen-bond donors (Lipinski definition) is 1. The Morgan fingerprint density at radius 1 is 1.22 bits per heavy atom. The molecule has 0 unspecified atom stereocenters. The third-order valence-corrected chi connectivity index (χ3v) is 6.88. The van der Waals surface area contributed by atoms with E-state index < -0.39 is 0 Å². The van der Waals surface area contributed by atoms with Crippen LogP contribution in [0.15, 0.2) is 51.6 Å². The molecule has 2 aromatic heterocycles. The third-order valence-electron chi connectivity index (χ3n) is 5.49. The zero-order valence-corrected chi connectivity index (χ0v) is 19.4. The number of halogens is 1. The van der Waals surface area contributed by atoms with Crippen LogP contribution >= 0.6 is 23.4 Å². The number of furan rings is 1. The molecule has 4 rings (SSSR count). The Bertz CT molecular complexity index is 987. The first kappa shape index (κ1) is 22.9.